The quantitative estimate of drug-likeness (QED) is 0.721. The van der Waals surface area contributed by atoms with E-state index in [2.05, 4.69) is 20.8 Å². The average molecular weight is 274 g/mol. The van der Waals surface area contributed by atoms with Crippen LogP contribution in [0, 0.1) is 0 Å². The van der Waals surface area contributed by atoms with Gasteiger partial charge >= 0.3 is 0 Å². The highest BCUT2D eigenvalue weighted by atomic mass is 16.5. The van der Waals surface area contributed by atoms with Crippen LogP contribution >= 0.6 is 0 Å². The van der Waals surface area contributed by atoms with Crippen LogP contribution in [0.1, 0.15) is 27.8 Å². The van der Waals surface area contributed by atoms with Gasteiger partial charge in [-0.1, -0.05) is 0 Å². The van der Waals surface area contributed by atoms with Crippen molar-refractivity contribution in [3.8, 4) is 5.88 Å². The molecule has 0 aliphatic rings. The van der Waals surface area contributed by atoms with Gasteiger partial charge in [-0.15, -0.1) is 0 Å². The normalized spacial score (nSPS) is 9.85. The van der Waals surface area contributed by atoms with Crippen molar-refractivity contribution in [1.82, 2.24) is 20.8 Å². The first-order chi connectivity index (χ1) is 9.70. The van der Waals surface area contributed by atoms with Gasteiger partial charge in [0.25, 0.3) is 11.8 Å². The van der Waals surface area contributed by atoms with Gasteiger partial charge in [-0.25, -0.2) is 4.98 Å². The second-order valence-electron chi connectivity index (χ2n) is 3.81. The van der Waals surface area contributed by atoms with E-state index >= 15 is 0 Å². The van der Waals surface area contributed by atoms with Crippen LogP contribution < -0.4 is 15.6 Å². The molecule has 104 valence electrons. The third-order valence-electron chi connectivity index (χ3n) is 2.42. The van der Waals surface area contributed by atoms with E-state index in [1.165, 1.54) is 6.20 Å². The van der Waals surface area contributed by atoms with Crippen LogP contribution in [-0.2, 0) is 0 Å². The zero-order chi connectivity index (χ0) is 14.4. The fraction of sp³-hybridized carbons (Fsp3) is 0.154. The Bertz CT molecular complexity index is 578. The molecule has 2 rings (SSSR count). The Labute approximate surface area is 115 Å². The van der Waals surface area contributed by atoms with Crippen LogP contribution in [0.4, 0.5) is 0 Å². The number of pyridine rings is 1. The Kier molecular flexibility index (Phi) is 4.33. The van der Waals surface area contributed by atoms with Crippen LogP contribution in [0.5, 0.6) is 5.88 Å². The summed E-state index contributed by atoms with van der Waals surface area (Å²) in [5.41, 5.74) is 5.27. The lowest BCUT2D eigenvalue weighted by atomic mass is 10.3. The molecule has 0 fully saturated rings. The van der Waals surface area contributed by atoms with Crippen molar-refractivity contribution in [2.45, 2.75) is 6.92 Å². The number of aromatic amines is 1. The van der Waals surface area contributed by atoms with E-state index < -0.39 is 11.8 Å². The summed E-state index contributed by atoms with van der Waals surface area (Å²) in [5, 5.41) is 0. The largest absolute Gasteiger partial charge is 0.478 e. The summed E-state index contributed by atoms with van der Waals surface area (Å²) in [5.74, 6) is -0.442. The molecular formula is C13H14N4O3. The molecule has 2 aromatic heterocycles. The lowest BCUT2D eigenvalue weighted by molar-refractivity contribution is 0.0844. The van der Waals surface area contributed by atoms with Gasteiger partial charge in [0.2, 0.25) is 5.88 Å². The number of ether oxygens (including phenoxy) is 1. The molecule has 0 aromatic carbocycles. The minimum absolute atomic E-state index is 0.320. The molecule has 2 aromatic rings. The van der Waals surface area contributed by atoms with E-state index in [0.29, 0.717) is 23.7 Å². The van der Waals surface area contributed by atoms with Crippen LogP contribution in [0.3, 0.4) is 0 Å². The third kappa shape index (κ3) is 3.35. The first-order valence-electron chi connectivity index (χ1n) is 6.03. The number of nitrogens with one attached hydrogen (secondary N) is 3. The molecule has 3 N–H and O–H groups in total. The van der Waals surface area contributed by atoms with Crippen molar-refractivity contribution in [3.05, 3.63) is 47.9 Å². The monoisotopic (exact) mass is 274 g/mol. The minimum atomic E-state index is -0.458. The number of aromatic nitrogens is 2. The van der Waals surface area contributed by atoms with E-state index in [-0.39, 0.29) is 0 Å². The van der Waals surface area contributed by atoms with Gasteiger partial charge in [-0.05, 0) is 25.1 Å². The fourth-order valence-corrected chi connectivity index (χ4v) is 1.47. The number of amides is 2. The Morgan fingerprint density at radius 2 is 2.05 bits per heavy atom. The minimum Gasteiger partial charge on any atom is -0.478 e. The number of rotatable bonds is 4. The number of nitrogens with zero attached hydrogens (tertiary/aromatic N) is 1. The van der Waals surface area contributed by atoms with Gasteiger partial charge in [0.05, 0.1) is 12.2 Å². The second kappa shape index (κ2) is 6.37. The number of carbonyl (C=O) groups is 2. The molecule has 0 bridgehead atoms. The topological polar surface area (TPSA) is 96.1 Å². The van der Waals surface area contributed by atoms with Crippen molar-refractivity contribution in [2.75, 3.05) is 6.61 Å². The first-order valence-corrected chi connectivity index (χ1v) is 6.03. The van der Waals surface area contributed by atoms with Gasteiger partial charge in [0.15, 0.2) is 0 Å². The lowest BCUT2D eigenvalue weighted by Crippen LogP contribution is -2.41. The van der Waals surface area contributed by atoms with Crippen LogP contribution in [0.25, 0.3) is 0 Å². The van der Waals surface area contributed by atoms with Crippen molar-refractivity contribution in [3.63, 3.8) is 0 Å². The summed E-state index contributed by atoms with van der Waals surface area (Å²) >= 11 is 0. The summed E-state index contributed by atoms with van der Waals surface area (Å²) in [6.45, 7) is 2.35. The first kappa shape index (κ1) is 13.6. The average Bonchev–Trinajstić information content (AvgIpc) is 3.00. The lowest BCUT2D eigenvalue weighted by Gasteiger charge is -2.07. The summed E-state index contributed by atoms with van der Waals surface area (Å²) in [4.78, 5) is 30.1. The van der Waals surface area contributed by atoms with Crippen molar-refractivity contribution in [1.29, 1.82) is 0 Å². The molecule has 2 heterocycles. The molecule has 0 atom stereocenters. The summed E-state index contributed by atoms with van der Waals surface area (Å²) < 4.78 is 5.17. The van der Waals surface area contributed by atoms with Crippen molar-refractivity contribution >= 4 is 11.8 Å². The van der Waals surface area contributed by atoms with E-state index in [0.717, 1.165) is 0 Å². The Hall–Kier alpha value is -2.83. The SMILES string of the molecule is CCOc1ccc(C(=O)NNC(=O)c2ccc[nH]2)cn1. The van der Waals surface area contributed by atoms with Gasteiger partial charge in [-0.2, -0.15) is 0 Å². The van der Waals surface area contributed by atoms with Crippen LogP contribution in [0.2, 0.25) is 0 Å². The highest BCUT2D eigenvalue weighted by Gasteiger charge is 2.09. The number of hydrazine groups is 1. The number of hydrogen-bond donors (Lipinski definition) is 3. The number of H-pyrrole nitrogens is 1. The maximum atomic E-state index is 11.8. The molecular weight excluding hydrogens is 260 g/mol. The molecule has 0 spiro atoms. The van der Waals surface area contributed by atoms with Crippen LogP contribution in [0.15, 0.2) is 36.7 Å². The Balaban J connectivity index is 1.90. The standard InChI is InChI=1S/C13H14N4O3/c1-2-20-11-6-5-9(8-15-11)12(18)16-17-13(19)10-4-3-7-14-10/h3-8,14H,2H2,1H3,(H,16,18)(H,17,19). The predicted octanol–water partition coefficient (Wildman–Crippen LogP) is 0.883. The maximum Gasteiger partial charge on any atom is 0.286 e. The highest BCUT2D eigenvalue weighted by Crippen LogP contribution is 2.07. The van der Waals surface area contributed by atoms with E-state index in [1.807, 2.05) is 6.92 Å². The van der Waals surface area contributed by atoms with E-state index in [1.54, 1.807) is 30.5 Å². The number of hydrogen-bond acceptors (Lipinski definition) is 4. The smallest absolute Gasteiger partial charge is 0.286 e. The molecule has 0 radical (unpaired) electrons. The Morgan fingerprint density at radius 3 is 2.65 bits per heavy atom. The van der Waals surface area contributed by atoms with Gasteiger partial charge in [-0.3, -0.25) is 20.4 Å². The second-order valence-corrected chi connectivity index (χ2v) is 3.81. The molecule has 0 saturated carbocycles. The van der Waals surface area contributed by atoms with E-state index in [4.69, 9.17) is 4.74 Å². The Morgan fingerprint density at radius 1 is 1.25 bits per heavy atom. The fourth-order valence-electron chi connectivity index (χ4n) is 1.47. The van der Waals surface area contributed by atoms with E-state index in [9.17, 15) is 9.59 Å². The summed E-state index contributed by atoms with van der Waals surface area (Å²) in [6.07, 6.45) is 2.99. The van der Waals surface area contributed by atoms with Gasteiger partial charge in [0, 0.05) is 18.5 Å². The molecule has 0 aliphatic carbocycles. The zero-order valence-corrected chi connectivity index (χ0v) is 10.8. The molecule has 0 unspecified atom stereocenters. The van der Waals surface area contributed by atoms with Gasteiger partial charge < -0.3 is 9.72 Å². The van der Waals surface area contributed by atoms with Crippen LogP contribution in [-0.4, -0.2) is 28.4 Å². The molecule has 0 aliphatic heterocycles. The molecule has 7 heteroatoms. The molecule has 2 amide bonds. The zero-order valence-electron chi connectivity index (χ0n) is 10.8. The number of carbonyl (C=O) groups excluding carboxylic acids is 2. The van der Waals surface area contributed by atoms with Gasteiger partial charge in [0.1, 0.15) is 5.69 Å². The molecule has 20 heavy (non-hydrogen) atoms. The highest BCUT2D eigenvalue weighted by molar-refractivity contribution is 5.98. The molecule has 0 saturated heterocycles. The molecule has 7 nitrogen and oxygen atoms in total. The third-order valence-corrected chi connectivity index (χ3v) is 2.42. The van der Waals surface area contributed by atoms with Crippen molar-refractivity contribution in [2.24, 2.45) is 0 Å². The predicted molar refractivity (Wildman–Crippen MR) is 71.1 cm³/mol. The van der Waals surface area contributed by atoms with Crippen molar-refractivity contribution < 1.29 is 14.3 Å². The summed E-state index contributed by atoms with van der Waals surface area (Å²) in [7, 11) is 0. The maximum absolute atomic E-state index is 11.8. The summed E-state index contributed by atoms with van der Waals surface area (Å²) in [6, 6.07) is 6.44.